The van der Waals surface area contributed by atoms with Gasteiger partial charge in [0.15, 0.2) is 10.9 Å². The number of nitrogens with zero attached hydrogens (tertiary/aromatic N) is 2. The van der Waals surface area contributed by atoms with E-state index >= 15 is 0 Å². The number of aliphatic hydroxyl groups is 1. The fourth-order valence-corrected chi connectivity index (χ4v) is 5.20. The largest absolute Gasteiger partial charge is 0.507 e. The maximum absolute atomic E-state index is 13.4. The summed E-state index contributed by atoms with van der Waals surface area (Å²) in [6, 6.07) is 10.7. The van der Waals surface area contributed by atoms with E-state index in [0.29, 0.717) is 21.7 Å². The van der Waals surface area contributed by atoms with Gasteiger partial charge in [-0.2, -0.15) is 0 Å². The molecule has 36 heavy (non-hydrogen) atoms. The summed E-state index contributed by atoms with van der Waals surface area (Å²) in [7, 11) is 1.27. The number of anilines is 1. The number of carbonyl (C=O) groups excluding carboxylic acids is 4. The number of carbonyl (C=O) groups is 4. The van der Waals surface area contributed by atoms with E-state index in [4.69, 9.17) is 4.74 Å². The van der Waals surface area contributed by atoms with Crippen molar-refractivity contribution in [2.24, 2.45) is 0 Å². The van der Waals surface area contributed by atoms with Crippen LogP contribution in [0.25, 0.3) is 5.76 Å². The third-order valence-corrected chi connectivity index (χ3v) is 7.31. The summed E-state index contributed by atoms with van der Waals surface area (Å²) in [5, 5.41) is 11.5. The molecule has 0 bridgehead atoms. The van der Waals surface area contributed by atoms with E-state index in [9.17, 15) is 24.3 Å². The first-order chi connectivity index (χ1) is 17.0. The third-order valence-electron chi connectivity index (χ3n) is 6.05. The molecule has 4 rings (SSSR count). The lowest BCUT2D eigenvalue weighted by Crippen LogP contribution is -2.29. The van der Waals surface area contributed by atoms with Crippen molar-refractivity contribution in [1.82, 2.24) is 4.98 Å². The second-order valence-electron chi connectivity index (χ2n) is 8.57. The lowest BCUT2D eigenvalue weighted by molar-refractivity contribution is -0.132. The lowest BCUT2D eigenvalue weighted by Gasteiger charge is -2.23. The van der Waals surface area contributed by atoms with Gasteiger partial charge in [-0.1, -0.05) is 41.2 Å². The predicted octanol–water partition coefficient (Wildman–Crippen LogP) is 4.68. The van der Waals surface area contributed by atoms with Crippen LogP contribution in [0.5, 0.6) is 0 Å². The number of thiazole rings is 1. The molecule has 2 aromatic carbocycles. The first-order valence-corrected chi connectivity index (χ1v) is 11.9. The van der Waals surface area contributed by atoms with Crippen molar-refractivity contribution in [2.45, 2.75) is 33.7 Å². The molecule has 1 aromatic heterocycles. The maximum Gasteiger partial charge on any atom is 0.337 e. The van der Waals surface area contributed by atoms with Crippen molar-refractivity contribution in [1.29, 1.82) is 0 Å². The Labute approximate surface area is 211 Å². The molecule has 1 fully saturated rings. The van der Waals surface area contributed by atoms with Gasteiger partial charge >= 0.3 is 11.9 Å². The molecule has 2 heterocycles. The van der Waals surface area contributed by atoms with Crippen molar-refractivity contribution in [2.75, 3.05) is 12.0 Å². The van der Waals surface area contributed by atoms with Crippen molar-refractivity contribution in [3.05, 3.63) is 86.4 Å². The third kappa shape index (κ3) is 4.22. The number of aryl methyl sites for hydroxylation is 3. The normalized spacial score (nSPS) is 16.9. The summed E-state index contributed by atoms with van der Waals surface area (Å²) in [6.45, 7) is 6.72. The van der Waals surface area contributed by atoms with Crippen LogP contribution >= 0.6 is 11.3 Å². The van der Waals surface area contributed by atoms with Crippen LogP contribution in [0.15, 0.2) is 48.0 Å². The van der Waals surface area contributed by atoms with Crippen LogP contribution in [0, 0.1) is 20.8 Å². The van der Waals surface area contributed by atoms with Gasteiger partial charge in [0.25, 0.3) is 5.78 Å². The minimum Gasteiger partial charge on any atom is -0.507 e. The van der Waals surface area contributed by atoms with Gasteiger partial charge in [-0.3, -0.25) is 19.3 Å². The van der Waals surface area contributed by atoms with Gasteiger partial charge in [-0.05, 0) is 50.1 Å². The minimum absolute atomic E-state index is 0.100. The highest BCUT2D eigenvalue weighted by Crippen LogP contribution is 2.44. The Morgan fingerprint density at radius 1 is 1.06 bits per heavy atom. The zero-order chi connectivity index (χ0) is 26.3. The highest BCUT2D eigenvalue weighted by atomic mass is 32.1. The molecule has 1 unspecified atom stereocenters. The van der Waals surface area contributed by atoms with Gasteiger partial charge in [0, 0.05) is 12.5 Å². The fraction of sp³-hybridized carbons (Fsp3) is 0.222. The molecule has 1 aliphatic rings. The molecule has 184 valence electrons. The Balaban J connectivity index is 1.96. The number of hydrogen-bond donors (Lipinski definition) is 1. The molecule has 0 radical (unpaired) electrons. The number of aliphatic hydroxyl groups excluding tert-OH is 1. The Kier molecular flexibility index (Phi) is 6.60. The molecule has 1 atom stereocenters. The number of amides is 1. The summed E-state index contributed by atoms with van der Waals surface area (Å²) >= 11 is 1.01. The second-order valence-corrected chi connectivity index (χ2v) is 9.55. The van der Waals surface area contributed by atoms with E-state index in [0.717, 1.165) is 22.5 Å². The van der Waals surface area contributed by atoms with E-state index in [1.54, 1.807) is 32.0 Å². The Bertz CT molecular complexity index is 1450. The van der Waals surface area contributed by atoms with Crippen LogP contribution in [-0.4, -0.2) is 40.6 Å². The lowest BCUT2D eigenvalue weighted by atomic mass is 9.93. The number of methoxy groups -OCH3 is 1. The summed E-state index contributed by atoms with van der Waals surface area (Å²) < 4.78 is 4.76. The van der Waals surface area contributed by atoms with E-state index in [1.165, 1.54) is 31.1 Å². The van der Waals surface area contributed by atoms with Crippen molar-refractivity contribution < 1.29 is 29.0 Å². The predicted molar refractivity (Wildman–Crippen MR) is 135 cm³/mol. The van der Waals surface area contributed by atoms with Gasteiger partial charge in [0.1, 0.15) is 5.76 Å². The number of aromatic nitrogens is 1. The summed E-state index contributed by atoms with van der Waals surface area (Å²) in [6.07, 6.45) is 0. The molecule has 1 N–H and O–H groups in total. The standard InChI is InChI=1S/C27H24N2O6S/c1-13-6-7-14(2)19(12-13)22(31)20-21(17-8-10-18(11-9-17)26(34)35-5)29(25(33)23(20)32)27-28-15(3)24(36-27)16(4)30/h6-12,21,31H,1-5H3. The molecular weight excluding hydrogens is 480 g/mol. The molecule has 8 nitrogen and oxygen atoms in total. The van der Waals surface area contributed by atoms with Crippen LogP contribution in [-0.2, 0) is 14.3 Å². The van der Waals surface area contributed by atoms with Crippen molar-refractivity contribution in [3.63, 3.8) is 0 Å². The zero-order valence-corrected chi connectivity index (χ0v) is 21.2. The van der Waals surface area contributed by atoms with Gasteiger partial charge in [-0.15, -0.1) is 0 Å². The molecular formula is C27H24N2O6S. The summed E-state index contributed by atoms with van der Waals surface area (Å²) in [5.41, 5.74) is 3.15. The topological polar surface area (TPSA) is 114 Å². The van der Waals surface area contributed by atoms with E-state index in [2.05, 4.69) is 4.98 Å². The van der Waals surface area contributed by atoms with E-state index < -0.39 is 23.7 Å². The molecule has 0 aliphatic carbocycles. The SMILES string of the molecule is COC(=O)c1ccc(C2C(=C(O)c3cc(C)ccc3C)C(=O)C(=O)N2c2nc(C)c(C(C)=O)s2)cc1. The highest BCUT2D eigenvalue weighted by Gasteiger charge is 2.48. The number of ketones is 2. The molecule has 1 aliphatic heterocycles. The molecule has 1 saturated heterocycles. The number of esters is 1. The Hall–Kier alpha value is -4.11. The summed E-state index contributed by atoms with van der Waals surface area (Å²) in [5.74, 6) is -2.78. The first kappa shape index (κ1) is 25.0. The van der Waals surface area contributed by atoms with Gasteiger partial charge in [0.05, 0.1) is 34.9 Å². The van der Waals surface area contributed by atoms with Crippen molar-refractivity contribution in [3.8, 4) is 0 Å². The fourth-order valence-electron chi connectivity index (χ4n) is 4.21. The average Bonchev–Trinajstić information content (AvgIpc) is 3.36. The van der Waals surface area contributed by atoms with E-state index in [1.807, 2.05) is 19.1 Å². The number of Topliss-reactive ketones (excluding diaryl/α,β-unsaturated/α-hetero) is 2. The second kappa shape index (κ2) is 9.50. The Morgan fingerprint density at radius 3 is 2.31 bits per heavy atom. The average molecular weight is 505 g/mol. The van der Waals surface area contributed by atoms with Crippen LogP contribution in [0.1, 0.15) is 60.9 Å². The molecule has 3 aromatic rings. The number of hydrogen-bond acceptors (Lipinski definition) is 8. The molecule has 0 spiro atoms. The van der Waals surface area contributed by atoms with Crippen LogP contribution in [0.2, 0.25) is 0 Å². The first-order valence-electron chi connectivity index (χ1n) is 11.1. The van der Waals surface area contributed by atoms with Crippen molar-refractivity contribution >= 4 is 45.7 Å². The number of rotatable bonds is 5. The number of benzene rings is 2. The molecule has 1 amide bonds. The highest BCUT2D eigenvalue weighted by molar-refractivity contribution is 7.18. The quantitative estimate of drug-likeness (QED) is 0.176. The Morgan fingerprint density at radius 2 is 1.72 bits per heavy atom. The molecule has 9 heteroatoms. The smallest absolute Gasteiger partial charge is 0.337 e. The van der Waals surface area contributed by atoms with Gasteiger partial charge in [-0.25, -0.2) is 9.78 Å². The van der Waals surface area contributed by atoms with Gasteiger partial charge in [0.2, 0.25) is 0 Å². The van der Waals surface area contributed by atoms with Gasteiger partial charge < -0.3 is 9.84 Å². The minimum atomic E-state index is -1.03. The van der Waals surface area contributed by atoms with Crippen LogP contribution in [0.4, 0.5) is 5.13 Å². The number of ether oxygens (including phenoxy) is 1. The van der Waals surface area contributed by atoms with Crippen LogP contribution in [0.3, 0.4) is 0 Å². The summed E-state index contributed by atoms with van der Waals surface area (Å²) in [4.78, 5) is 56.7. The monoisotopic (exact) mass is 504 g/mol. The zero-order valence-electron chi connectivity index (χ0n) is 20.4. The van der Waals surface area contributed by atoms with E-state index in [-0.39, 0.29) is 27.8 Å². The van der Waals surface area contributed by atoms with Crippen LogP contribution < -0.4 is 4.90 Å². The maximum atomic E-state index is 13.4. The molecule has 0 saturated carbocycles.